The van der Waals surface area contributed by atoms with E-state index in [0.717, 1.165) is 18.4 Å². The lowest BCUT2D eigenvalue weighted by Gasteiger charge is -2.28. The van der Waals surface area contributed by atoms with E-state index in [2.05, 4.69) is 115 Å². The molecule has 0 saturated heterocycles. The van der Waals surface area contributed by atoms with Gasteiger partial charge in [-0.1, -0.05) is 77.6 Å². The van der Waals surface area contributed by atoms with E-state index in [1.54, 1.807) is 0 Å². The molecule has 0 aliphatic carbocycles. The minimum atomic E-state index is 0.190. The third-order valence-electron chi connectivity index (χ3n) is 7.51. The van der Waals surface area contributed by atoms with E-state index < -0.39 is 0 Å². The van der Waals surface area contributed by atoms with Crippen molar-refractivity contribution in [3.8, 4) is 11.3 Å². The number of fused-ring (bicyclic) bond motifs is 5. The van der Waals surface area contributed by atoms with Crippen LogP contribution >= 0.6 is 11.8 Å². The first-order chi connectivity index (χ1) is 17.4. The number of aryl methyl sites for hydroxylation is 2. The maximum absolute atomic E-state index is 5.04. The Morgan fingerprint density at radius 1 is 0.865 bits per heavy atom. The second-order valence-corrected chi connectivity index (χ2v) is 14.3. The van der Waals surface area contributed by atoms with Crippen molar-refractivity contribution in [1.82, 2.24) is 4.98 Å². The molecule has 0 unspecified atom stereocenters. The topological polar surface area (TPSA) is 16.8 Å². The Kier molecular flexibility index (Phi) is 5.48. The number of hydrogen-bond acceptors (Lipinski definition) is 2. The first kappa shape index (κ1) is 24.4. The highest BCUT2D eigenvalue weighted by Crippen LogP contribution is 2.53. The summed E-state index contributed by atoms with van der Waals surface area (Å²) < 4.78 is 2.33. The summed E-state index contributed by atoms with van der Waals surface area (Å²) in [6.07, 6.45) is 6.38. The summed E-state index contributed by atoms with van der Waals surface area (Å²) in [5.41, 5.74) is 8.41. The molecule has 0 bridgehead atoms. The van der Waals surface area contributed by atoms with Crippen LogP contribution in [0.25, 0.3) is 43.7 Å². The van der Waals surface area contributed by atoms with Crippen molar-refractivity contribution in [2.75, 3.05) is 0 Å². The lowest BCUT2D eigenvalue weighted by atomic mass is 9.83. The van der Waals surface area contributed by atoms with Crippen LogP contribution in [0.15, 0.2) is 64.6 Å². The van der Waals surface area contributed by atoms with Crippen LogP contribution in [-0.4, -0.2) is 4.98 Å². The summed E-state index contributed by atoms with van der Waals surface area (Å²) in [7, 11) is 2.19. The number of nitrogens with zero attached hydrogens (tertiary/aromatic N) is 2. The first-order valence-electron chi connectivity index (χ1n) is 13.4. The van der Waals surface area contributed by atoms with Gasteiger partial charge in [-0.2, -0.15) is 0 Å². The average Bonchev–Trinajstić information content (AvgIpc) is 2.81. The van der Waals surface area contributed by atoms with Crippen molar-refractivity contribution in [3.05, 3.63) is 71.5 Å². The molecule has 0 atom stereocenters. The zero-order valence-electron chi connectivity index (χ0n) is 23.4. The van der Waals surface area contributed by atoms with Crippen LogP contribution in [0.1, 0.15) is 58.2 Å². The molecule has 37 heavy (non-hydrogen) atoms. The average molecular weight is 506 g/mol. The maximum atomic E-state index is 5.04. The van der Waals surface area contributed by atoms with Crippen molar-refractivity contribution in [2.24, 2.45) is 17.9 Å². The van der Waals surface area contributed by atoms with E-state index in [1.165, 1.54) is 64.7 Å². The summed E-state index contributed by atoms with van der Waals surface area (Å²) in [5, 5.41) is 6.61. The summed E-state index contributed by atoms with van der Waals surface area (Å²) in [6.45, 7) is 16.3. The first-order valence-corrected chi connectivity index (χ1v) is 14.2. The van der Waals surface area contributed by atoms with Crippen LogP contribution in [0.4, 0.5) is 0 Å². The summed E-state index contributed by atoms with van der Waals surface area (Å²) in [6, 6.07) is 16.0. The number of hydrogen-bond donors (Lipinski definition) is 0. The summed E-state index contributed by atoms with van der Waals surface area (Å²) in [4.78, 5) is 7.82. The number of benzene rings is 3. The van der Waals surface area contributed by atoms with Gasteiger partial charge in [0.15, 0.2) is 6.20 Å². The van der Waals surface area contributed by atoms with Crippen LogP contribution in [0.3, 0.4) is 0 Å². The number of aromatic nitrogens is 2. The molecule has 0 spiro atoms. The third-order valence-corrected chi connectivity index (χ3v) is 8.70. The van der Waals surface area contributed by atoms with Crippen LogP contribution in [0, 0.1) is 17.8 Å². The molecule has 1 aliphatic heterocycles. The van der Waals surface area contributed by atoms with E-state index in [0.29, 0.717) is 0 Å². The van der Waals surface area contributed by atoms with Gasteiger partial charge in [0.25, 0.3) is 0 Å². The summed E-state index contributed by atoms with van der Waals surface area (Å²) in [5.74, 6) is 0. The van der Waals surface area contributed by atoms with Gasteiger partial charge in [0.2, 0.25) is 5.69 Å². The van der Waals surface area contributed by atoms with Crippen molar-refractivity contribution in [3.63, 3.8) is 0 Å². The predicted octanol–water partition coefficient (Wildman–Crippen LogP) is 8.98. The third kappa shape index (κ3) is 4.12. The highest BCUT2D eigenvalue weighted by atomic mass is 32.2. The highest BCUT2D eigenvalue weighted by molar-refractivity contribution is 8.00. The Balaban J connectivity index is 1.71. The van der Waals surface area contributed by atoms with Crippen LogP contribution in [0.2, 0.25) is 0 Å². The molecular formula is C34H37N2S+. The van der Waals surface area contributed by atoms with E-state index in [4.69, 9.17) is 4.98 Å². The molecule has 1 aliphatic rings. The Hall–Kier alpha value is -2.91. The molecule has 6 rings (SSSR count). The molecular weight excluding hydrogens is 468 g/mol. The molecule has 2 nitrogen and oxygen atoms in total. The standard InChI is InChI=1S/C34H37N2S/c1-20-23-11-9-10-12-24(23)26(18-34(5,6)7)32-28(20)31-29-25(13-14-36(31)8)30-22(16-27(29)37-32)15-21(19-35-30)17-33(2,3)4/h9-16,19H,17-18H2,1-8H3/q+1. The monoisotopic (exact) mass is 505 g/mol. The fourth-order valence-electron chi connectivity index (χ4n) is 6.13. The van der Waals surface area contributed by atoms with Gasteiger partial charge in [0.05, 0.1) is 16.5 Å². The predicted molar refractivity (Wildman–Crippen MR) is 159 cm³/mol. The van der Waals surface area contributed by atoms with Crippen LogP contribution in [-0.2, 0) is 19.9 Å². The highest BCUT2D eigenvalue weighted by Gasteiger charge is 2.33. The SMILES string of the molecule is Cc1c2c(c(CC(C)(C)C)c3ccccc13)Sc1cc3cc(CC(C)(C)C)cnc3c3cc[n+](C)c-2c13. The largest absolute Gasteiger partial charge is 0.255 e. The van der Waals surface area contributed by atoms with Gasteiger partial charge < -0.3 is 0 Å². The second-order valence-electron chi connectivity index (χ2n) is 13.3. The van der Waals surface area contributed by atoms with Crippen LogP contribution in [0.5, 0.6) is 0 Å². The molecule has 2 aromatic heterocycles. The Morgan fingerprint density at radius 3 is 2.27 bits per heavy atom. The molecule has 0 saturated carbocycles. The molecule has 3 aromatic carbocycles. The van der Waals surface area contributed by atoms with Crippen LogP contribution < -0.4 is 4.57 Å². The Labute approximate surface area is 225 Å². The fraction of sp³-hybridized carbons (Fsp3) is 0.353. The van der Waals surface area contributed by atoms with E-state index in [9.17, 15) is 0 Å². The zero-order valence-corrected chi connectivity index (χ0v) is 24.2. The lowest BCUT2D eigenvalue weighted by Crippen LogP contribution is -2.32. The molecule has 0 N–H and O–H groups in total. The number of pyridine rings is 2. The second kappa shape index (κ2) is 8.30. The maximum Gasteiger partial charge on any atom is 0.222 e. The quantitative estimate of drug-likeness (QED) is 0.172. The number of rotatable bonds is 2. The van der Waals surface area contributed by atoms with Gasteiger partial charge in [0, 0.05) is 32.8 Å². The van der Waals surface area contributed by atoms with Crippen molar-refractivity contribution in [1.29, 1.82) is 0 Å². The molecule has 3 heterocycles. The van der Waals surface area contributed by atoms with Crippen molar-refractivity contribution < 1.29 is 4.57 Å². The zero-order chi connectivity index (χ0) is 26.3. The normalized spacial score (nSPS) is 13.5. The van der Waals surface area contributed by atoms with Gasteiger partial charge in [0.1, 0.15) is 7.05 Å². The summed E-state index contributed by atoms with van der Waals surface area (Å²) >= 11 is 1.97. The van der Waals surface area contributed by atoms with Crippen molar-refractivity contribution >= 4 is 44.2 Å². The van der Waals surface area contributed by atoms with E-state index in [1.807, 2.05) is 11.8 Å². The van der Waals surface area contributed by atoms with Gasteiger partial charge in [-0.05, 0) is 70.2 Å². The Bertz CT molecular complexity index is 1730. The Morgan fingerprint density at radius 2 is 1.57 bits per heavy atom. The molecule has 3 heteroatoms. The van der Waals surface area contributed by atoms with Gasteiger partial charge >= 0.3 is 0 Å². The molecule has 0 fully saturated rings. The smallest absolute Gasteiger partial charge is 0.222 e. The van der Waals surface area contributed by atoms with Gasteiger partial charge in [-0.25, -0.2) is 4.57 Å². The van der Waals surface area contributed by atoms with E-state index in [-0.39, 0.29) is 10.8 Å². The fourth-order valence-corrected chi connectivity index (χ4v) is 7.50. The van der Waals surface area contributed by atoms with Gasteiger partial charge in [-0.3, -0.25) is 4.98 Å². The minimum absolute atomic E-state index is 0.190. The van der Waals surface area contributed by atoms with Crippen molar-refractivity contribution in [2.45, 2.75) is 71.1 Å². The molecule has 0 amide bonds. The minimum Gasteiger partial charge on any atom is -0.255 e. The van der Waals surface area contributed by atoms with E-state index >= 15 is 0 Å². The molecule has 5 aromatic rings. The van der Waals surface area contributed by atoms with Gasteiger partial charge in [-0.15, -0.1) is 0 Å². The lowest BCUT2D eigenvalue weighted by molar-refractivity contribution is -0.659. The molecule has 0 radical (unpaired) electrons. The molecule has 188 valence electrons.